The van der Waals surface area contributed by atoms with Crippen LogP contribution in [0.15, 0.2) is 4.52 Å². The Kier molecular flexibility index (Phi) is 3.70. The Morgan fingerprint density at radius 3 is 2.84 bits per heavy atom. The Bertz CT molecular complexity index is 605. The number of nitrogens with one attached hydrogen (secondary N) is 1. The zero-order valence-corrected chi connectivity index (χ0v) is 11.6. The molecule has 19 heavy (non-hydrogen) atoms. The number of nitrogen functional groups attached to an aromatic ring is 1. The molecule has 0 radical (unpaired) electrons. The highest BCUT2D eigenvalue weighted by Crippen LogP contribution is 2.42. The summed E-state index contributed by atoms with van der Waals surface area (Å²) < 4.78 is 10.2. The number of rotatable bonds is 5. The zero-order chi connectivity index (χ0) is 14.0. The summed E-state index contributed by atoms with van der Waals surface area (Å²) in [5, 5.41) is 7.43. The number of thiophene rings is 1. The van der Waals surface area contributed by atoms with Crippen LogP contribution in [-0.4, -0.2) is 23.0 Å². The number of anilines is 2. The van der Waals surface area contributed by atoms with Crippen molar-refractivity contribution in [3.05, 3.63) is 16.6 Å². The van der Waals surface area contributed by atoms with Crippen molar-refractivity contribution in [2.24, 2.45) is 0 Å². The lowest BCUT2D eigenvalue weighted by Gasteiger charge is -2.04. The first kappa shape index (κ1) is 13.3. The van der Waals surface area contributed by atoms with Crippen LogP contribution in [0, 0.1) is 6.92 Å². The molecule has 102 valence electrons. The summed E-state index contributed by atoms with van der Waals surface area (Å²) in [4.78, 5) is 16.0. The average Bonchev–Trinajstić information content (AvgIpc) is 2.90. The number of ether oxygens (including phenoxy) is 1. The lowest BCUT2D eigenvalue weighted by Crippen LogP contribution is -2.00. The standard InChI is InChI=1S/C11H14N4O3S/c1-5(16)10-8(12)9(17-3)11(19-10)13-4-7-14-6(2)15-18-7/h13H,4,12H2,1-3H3. The second-order valence-electron chi connectivity index (χ2n) is 3.85. The molecule has 0 amide bonds. The maximum absolute atomic E-state index is 11.4. The van der Waals surface area contributed by atoms with Crippen LogP contribution in [0.3, 0.4) is 0 Å². The van der Waals surface area contributed by atoms with E-state index in [0.29, 0.717) is 39.6 Å². The molecule has 2 rings (SSSR count). The molecule has 2 heterocycles. The van der Waals surface area contributed by atoms with Crippen molar-refractivity contribution in [2.45, 2.75) is 20.4 Å². The summed E-state index contributed by atoms with van der Waals surface area (Å²) in [5.74, 6) is 1.39. The van der Waals surface area contributed by atoms with Crippen molar-refractivity contribution in [2.75, 3.05) is 18.2 Å². The molecule has 3 N–H and O–H groups in total. The number of hydrogen-bond donors (Lipinski definition) is 2. The maximum atomic E-state index is 11.4. The van der Waals surface area contributed by atoms with Gasteiger partial charge in [0.15, 0.2) is 17.4 Å². The van der Waals surface area contributed by atoms with Crippen LogP contribution in [0.1, 0.15) is 28.3 Å². The summed E-state index contributed by atoms with van der Waals surface area (Å²) in [7, 11) is 1.50. The van der Waals surface area contributed by atoms with E-state index in [2.05, 4.69) is 15.5 Å². The van der Waals surface area contributed by atoms with E-state index in [4.69, 9.17) is 15.0 Å². The second kappa shape index (κ2) is 5.27. The van der Waals surface area contributed by atoms with Gasteiger partial charge in [-0.1, -0.05) is 5.16 Å². The molecule has 0 aliphatic heterocycles. The molecule has 0 aromatic carbocycles. The Labute approximate surface area is 113 Å². The molecule has 2 aromatic rings. The Balaban J connectivity index is 2.20. The van der Waals surface area contributed by atoms with Crippen molar-refractivity contribution >= 4 is 27.8 Å². The van der Waals surface area contributed by atoms with Gasteiger partial charge >= 0.3 is 0 Å². The fourth-order valence-corrected chi connectivity index (χ4v) is 2.56. The lowest BCUT2D eigenvalue weighted by atomic mass is 10.3. The van der Waals surface area contributed by atoms with Crippen LogP contribution in [0.2, 0.25) is 0 Å². The van der Waals surface area contributed by atoms with Gasteiger partial charge in [0.05, 0.1) is 24.2 Å². The summed E-state index contributed by atoms with van der Waals surface area (Å²) in [6, 6.07) is 0. The first-order chi connectivity index (χ1) is 9.02. The maximum Gasteiger partial charge on any atom is 0.245 e. The van der Waals surface area contributed by atoms with E-state index in [1.807, 2.05) is 0 Å². The number of nitrogens with zero attached hydrogens (tertiary/aromatic N) is 2. The molecule has 0 bridgehead atoms. The number of methoxy groups -OCH3 is 1. The summed E-state index contributed by atoms with van der Waals surface area (Å²) in [6.07, 6.45) is 0. The van der Waals surface area contributed by atoms with Gasteiger partial charge in [-0.3, -0.25) is 4.79 Å². The number of aryl methyl sites for hydroxylation is 1. The molecule has 2 aromatic heterocycles. The van der Waals surface area contributed by atoms with Crippen molar-refractivity contribution in [3.63, 3.8) is 0 Å². The number of aromatic nitrogens is 2. The zero-order valence-electron chi connectivity index (χ0n) is 10.8. The van der Waals surface area contributed by atoms with Gasteiger partial charge in [-0.15, -0.1) is 11.3 Å². The third-order valence-corrected chi connectivity index (χ3v) is 3.64. The van der Waals surface area contributed by atoms with Gasteiger partial charge in [0, 0.05) is 6.92 Å². The number of hydrogen-bond acceptors (Lipinski definition) is 8. The molecule has 0 unspecified atom stereocenters. The Morgan fingerprint density at radius 1 is 1.58 bits per heavy atom. The second-order valence-corrected chi connectivity index (χ2v) is 4.87. The average molecular weight is 282 g/mol. The van der Waals surface area contributed by atoms with Gasteiger partial charge < -0.3 is 20.3 Å². The van der Waals surface area contributed by atoms with Gasteiger partial charge in [0.1, 0.15) is 5.00 Å². The minimum Gasteiger partial charge on any atom is -0.492 e. The third kappa shape index (κ3) is 2.68. The molecular weight excluding hydrogens is 268 g/mol. The first-order valence-corrected chi connectivity index (χ1v) is 6.34. The lowest BCUT2D eigenvalue weighted by molar-refractivity contribution is 0.102. The molecule has 0 aliphatic rings. The molecule has 0 saturated carbocycles. The van der Waals surface area contributed by atoms with Crippen molar-refractivity contribution < 1.29 is 14.1 Å². The smallest absolute Gasteiger partial charge is 0.245 e. The number of Topliss-reactive ketones (excluding diaryl/α,β-unsaturated/α-hetero) is 1. The molecule has 0 saturated heterocycles. The van der Waals surface area contributed by atoms with E-state index >= 15 is 0 Å². The van der Waals surface area contributed by atoms with Gasteiger partial charge in [-0.2, -0.15) is 4.98 Å². The normalized spacial score (nSPS) is 10.5. The van der Waals surface area contributed by atoms with Gasteiger partial charge in [-0.25, -0.2) is 0 Å². The third-order valence-electron chi connectivity index (χ3n) is 2.39. The van der Waals surface area contributed by atoms with Crippen LogP contribution < -0.4 is 15.8 Å². The van der Waals surface area contributed by atoms with E-state index in [1.165, 1.54) is 25.4 Å². The molecule has 7 nitrogen and oxygen atoms in total. The van der Waals surface area contributed by atoms with Crippen molar-refractivity contribution in [1.29, 1.82) is 0 Å². The fraction of sp³-hybridized carbons (Fsp3) is 0.364. The van der Waals surface area contributed by atoms with Crippen LogP contribution >= 0.6 is 11.3 Å². The molecule has 0 atom stereocenters. The highest BCUT2D eigenvalue weighted by atomic mass is 32.1. The van der Waals surface area contributed by atoms with Crippen LogP contribution in [0.25, 0.3) is 0 Å². The molecule has 0 fully saturated rings. The van der Waals surface area contributed by atoms with E-state index in [1.54, 1.807) is 6.92 Å². The van der Waals surface area contributed by atoms with Crippen molar-refractivity contribution in [1.82, 2.24) is 10.1 Å². The predicted molar refractivity (Wildman–Crippen MR) is 71.6 cm³/mol. The topological polar surface area (TPSA) is 103 Å². The summed E-state index contributed by atoms with van der Waals surface area (Å²) >= 11 is 1.24. The monoisotopic (exact) mass is 282 g/mol. The van der Waals surface area contributed by atoms with Gasteiger partial charge in [0.2, 0.25) is 5.89 Å². The number of carbonyl (C=O) groups is 1. The largest absolute Gasteiger partial charge is 0.492 e. The number of carbonyl (C=O) groups excluding carboxylic acids is 1. The minimum absolute atomic E-state index is 0.0949. The molecular formula is C11H14N4O3S. The Hall–Kier alpha value is -2.09. The highest BCUT2D eigenvalue weighted by molar-refractivity contribution is 7.19. The molecule has 0 aliphatic carbocycles. The SMILES string of the molecule is COc1c(NCc2nc(C)no2)sc(C(C)=O)c1N. The van der Waals surface area contributed by atoms with E-state index < -0.39 is 0 Å². The summed E-state index contributed by atoms with van der Waals surface area (Å²) in [5.41, 5.74) is 6.21. The minimum atomic E-state index is -0.0949. The Morgan fingerprint density at radius 2 is 2.32 bits per heavy atom. The highest BCUT2D eigenvalue weighted by Gasteiger charge is 2.19. The van der Waals surface area contributed by atoms with E-state index in [-0.39, 0.29) is 5.78 Å². The van der Waals surface area contributed by atoms with Crippen LogP contribution in [-0.2, 0) is 6.54 Å². The molecule has 0 spiro atoms. The molecule has 8 heteroatoms. The first-order valence-electron chi connectivity index (χ1n) is 5.53. The summed E-state index contributed by atoms with van der Waals surface area (Å²) in [6.45, 7) is 3.55. The van der Waals surface area contributed by atoms with Crippen molar-refractivity contribution in [3.8, 4) is 5.75 Å². The quantitative estimate of drug-likeness (QED) is 0.806. The number of nitrogens with two attached hydrogens (primary N) is 1. The fourth-order valence-electron chi connectivity index (χ4n) is 1.58. The van der Waals surface area contributed by atoms with E-state index in [9.17, 15) is 4.79 Å². The van der Waals surface area contributed by atoms with Crippen LogP contribution in [0.4, 0.5) is 10.7 Å². The van der Waals surface area contributed by atoms with E-state index in [0.717, 1.165) is 0 Å². The van der Waals surface area contributed by atoms with Gasteiger partial charge in [0.25, 0.3) is 0 Å². The predicted octanol–water partition coefficient (Wildman–Crippen LogP) is 1.85. The van der Waals surface area contributed by atoms with Crippen LogP contribution in [0.5, 0.6) is 5.75 Å². The van der Waals surface area contributed by atoms with Gasteiger partial charge in [-0.05, 0) is 6.92 Å². The number of ketones is 1.